The van der Waals surface area contributed by atoms with Crippen molar-refractivity contribution in [2.75, 3.05) is 13.2 Å². The minimum Gasteiger partial charge on any atom is -0.501 e. The van der Waals surface area contributed by atoms with Gasteiger partial charge in [0.05, 0.1) is 25.7 Å². The van der Waals surface area contributed by atoms with E-state index >= 15 is 0 Å². The summed E-state index contributed by atoms with van der Waals surface area (Å²) in [5.74, 6) is 1.07. The lowest BCUT2D eigenvalue weighted by atomic mass is 9.89. The molecule has 0 saturated heterocycles. The third-order valence-corrected chi connectivity index (χ3v) is 2.42. The van der Waals surface area contributed by atoms with Crippen molar-refractivity contribution in [2.45, 2.75) is 12.8 Å². The molecule has 2 heteroatoms. The van der Waals surface area contributed by atoms with Crippen LogP contribution in [0.15, 0.2) is 37.8 Å². The van der Waals surface area contributed by atoms with Gasteiger partial charge in [-0.15, -0.1) is 0 Å². The molecule has 0 saturated carbocycles. The first kappa shape index (κ1) is 10.9. The van der Waals surface area contributed by atoms with Crippen molar-refractivity contribution in [1.82, 2.24) is 0 Å². The predicted molar refractivity (Wildman–Crippen MR) is 57.7 cm³/mol. The topological polar surface area (TPSA) is 18.5 Å². The van der Waals surface area contributed by atoms with E-state index in [1.54, 1.807) is 0 Å². The monoisotopic (exact) mass is 194 g/mol. The highest BCUT2D eigenvalue weighted by Gasteiger charge is 2.15. The molecule has 1 aliphatic carbocycles. The zero-order valence-corrected chi connectivity index (χ0v) is 8.52. The molecule has 0 amide bonds. The summed E-state index contributed by atoms with van der Waals surface area (Å²) >= 11 is 0. The molecule has 0 aromatic carbocycles. The average molecular weight is 194 g/mol. The van der Waals surface area contributed by atoms with Crippen LogP contribution in [-0.4, -0.2) is 13.2 Å². The van der Waals surface area contributed by atoms with Gasteiger partial charge in [-0.05, 0) is 12.8 Å². The normalized spacial score (nSPS) is 25.4. The lowest BCUT2D eigenvalue weighted by Crippen LogP contribution is -2.15. The maximum Gasteiger partial charge on any atom is 0.0935 e. The van der Waals surface area contributed by atoms with E-state index in [4.69, 9.17) is 9.47 Å². The second-order valence-electron chi connectivity index (χ2n) is 3.48. The third kappa shape index (κ3) is 3.69. The Balaban J connectivity index is 2.24. The van der Waals surface area contributed by atoms with Crippen LogP contribution in [0.25, 0.3) is 0 Å². The van der Waals surface area contributed by atoms with Crippen LogP contribution in [0.5, 0.6) is 0 Å². The standard InChI is InChI=1S/C12H18O2/c1-3-13-9-11-5-7-12(8-6-11)10-14-4-2/h3-5,7,11-12H,1-2,6,8-10H2. The molecule has 0 N–H and O–H groups in total. The molecule has 0 bridgehead atoms. The van der Waals surface area contributed by atoms with Gasteiger partial charge in [0.15, 0.2) is 0 Å². The molecule has 2 nitrogen and oxygen atoms in total. The average Bonchev–Trinajstić information content (AvgIpc) is 2.25. The first-order chi connectivity index (χ1) is 6.86. The van der Waals surface area contributed by atoms with Crippen LogP contribution < -0.4 is 0 Å². The summed E-state index contributed by atoms with van der Waals surface area (Å²) < 4.78 is 10.3. The summed E-state index contributed by atoms with van der Waals surface area (Å²) in [5.41, 5.74) is 0. The van der Waals surface area contributed by atoms with Crippen LogP contribution >= 0.6 is 0 Å². The molecule has 78 valence electrons. The fourth-order valence-corrected chi connectivity index (χ4v) is 1.60. The highest BCUT2D eigenvalue weighted by atomic mass is 16.5. The molecule has 0 spiro atoms. The Kier molecular flexibility index (Phi) is 4.90. The van der Waals surface area contributed by atoms with Crippen molar-refractivity contribution in [1.29, 1.82) is 0 Å². The molecule has 0 aliphatic heterocycles. The van der Waals surface area contributed by atoms with Gasteiger partial charge in [0.25, 0.3) is 0 Å². The zero-order chi connectivity index (χ0) is 10.2. The maximum atomic E-state index is 5.15. The minimum absolute atomic E-state index is 0.535. The summed E-state index contributed by atoms with van der Waals surface area (Å²) in [6, 6.07) is 0. The summed E-state index contributed by atoms with van der Waals surface area (Å²) in [4.78, 5) is 0. The molecule has 0 aromatic rings. The summed E-state index contributed by atoms with van der Waals surface area (Å²) in [5, 5.41) is 0. The van der Waals surface area contributed by atoms with Gasteiger partial charge in [-0.3, -0.25) is 0 Å². The zero-order valence-electron chi connectivity index (χ0n) is 8.52. The van der Waals surface area contributed by atoms with E-state index in [1.807, 2.05) is 0 Å². The van der Waals surface area contributed by atoms with E-state index < -0.39 is 0 Å². The van der Waals surface area contributed by atoms with Crippen LogP contribution in [0.2, 0.25) is 0 Å². The van der Waals surface area contributed by atoms with Gasteiger partial charge in [0.2, 0.25) is 0 Å². The first-order valence-electron chi connectivity index (χ1n) is 5.00. The number of hydrogen-bond acceptors (Lipinski definition) is 2. The molecular weight excluding hydrogens is 176 g/mol. The molecule has 1 aliphatic rings. The third-order valence-electron chi connectivity index (χ3n) is 2.42. The molecule has 2 unspecified atom stereocenters. The van der Waals surface area contributed by atoms with Crippen LogP contribution in [0, 0.1) is 11.8 Å². The predicted octanol–water partition coefficient (Wildman–Crippen LogP) is 2.89. The van der Waals surface area contributed by atoms with Crippen LogP contribution in [-0.2, 0) is 9.47 Å². The van der Waals surface area contributed by atoms with Crippen molar-refractivity contribution in [2.24, 2.45) is 11.8 Å². The Morgan fingerprint density at radius 2 is 1.43 bits per heavy atom. The Labute approximate surface area is 85.9 Å². The van der Waals surface area contributed by atoms with Gasteiger partial charge < -0.3 is 9.47 Å². The van der Waals surface area contributed by atoms with E-state index in [9.17, 15) is 0 Å². The van der Waals surface area contributed by atoms with Gasteiger partial charge in [0.1, 0.15) is 0 Å². The van der Waals surface area contributed by atoms with Crippen molar-refractivity contribution < 1.29 is 9.47 Å². The van der Waals surface area contributed by atoms with Gasteiger partial charge in [-0.25, -0.2) is 0 Å². The molecule has 0 heterocycles. The van der Waals surface area contributed by atoms with E-state index in [0.29, 0.717) is 11.8 Å². The fraction of sp³-hybridized carbons (Fsp3) is 0.500. The number of rotatable bonds is 6. The summed E-state index contributed by atoms with van der Waals surface area (Å²) in [6.07, 6.45) is 9.75. The fourth-order valence-electron chi connectivity index (χ4n) is 1.60. The largest absolute Gasteiger partial charge is 0.501 e. The molecule has 2 atom stereocenters. The summed E-state index contributed by atoms with van der Waals surface area (Å²) in [6.45, 7) is 8.54. The summed E-state index contributed by atoms with van der Waals surface area (Å²) in [7, 11) is 0. The van der Waals surface area contributed by atoms with Gasteiger partial charge in [-0.2, -0.15) is 0 Å². The van der Waals surface area contributed by atoms with Crippen molar-refractivity contribution in [3.63, 3.8) is 0 Å². The van der Waals surface area contributed by atoms with E-state index in [1.165, 1.54) is 12.5 Å². The second-order valence-corrected chi connectivity index (χ2v) is 3.48. The van der Waals surface area contributed by atoms with E-state index in [-0.39, 0.29) is 0 Å². The molecule has 14 heavy (non-hydrogen) atoms. The number of hydrogen-bond donors (Lipinski definition) is 0. The van der Waals surface area contributed by atoms with Crippen LogP contribution in [0.3, 0.4) is 0 Å². The highest BCUT2D eigenvalue weighted by molar-refractivity contribution is 4.98. The molecule has 0 aromatic heterocycles. The van der Waals surface area contributed by atoms with Gasteiger partial charge >= 0.3 is 0 Å². The lowest BCUT2D eigenvalue weighted by Gasteiger charge is -2.21. The smallest absolute Gasteiger partial charge is 0.0935 e. The van der Waals surface area contributed by atoms with Crippen molar-refractivity contribution in [3.8, 4) is 0 Å². The van der Waals surface area contributed by atoms with Gasteiger partial charge in [0, 0.05) is 11.8 Å². The molecule has 0 radical (unpaired) electrons. The molecule has 1 rings (SSSR count). The van der Waals surface area contributed by atoms with E-state index in [2.05, 4.69) is 25.3 Å². The molecular formula is C12H18O2. The second kappa shape index (κ2) is 6.30. The van der Waals surface area contributed by atoms with E-state index in [0.717, 1.165) is 26.1 Å². The Morgan fingerprint density at radius 1 is 1.00 bits per heavy atom. The molecule has 0 fully saturated rings. The number of ether oxygens (including phenoxy) is 2. The SMILES string of the molecule is C=COCC1C=CC(COC=C)CC1. The van der Waals surface area contributed by atoms with Crippen molar-refractivity contribution >= 4 is 0 Å². The quantitative estimate of drug-likeness (QED) is 0.478. The first-order valence-corrected chi connectivity index (χ1v) is 5.00. The minimum atomic E-state index is 0.535. The van der Waals surface area contributed by atoms with Crippen LogP contribution in [0.1, 0.15) is 12.8 Å². The van der Waals surface area contributed by atoms with Crippen LogP contribution in [0.4, 0.5) is 0 Å². The highest BCUT2D eigenvalue weighted by Crippen LogP contribution is 2.22. The Bertz CT molecular complexity index is 186. The Hall–Kier alpha value is -1.18. The van der Waals surface area contributed by atoms with Gasteiger partial charge in [-0.1, -0.05) is 25.3 Å². The lowest BCUT2D eigenvalue weighted by molar-refractivity contribution is 0.178. The maximum absolute atomic E-state index is 5.15. The van der Waals surface area contributed by atoms with Crippen molar-refractivity contribution in [3.05, 3.63) is 37.8 Å². The Morgan fingerprint density at radius 3 is 1.71 bits per heavy atom.